The molecule has 0 bridgehead atoms. The molecule has 0 spiro atoms. The van der Waals surface area contributed by atoms with Crippen LogP contribution >= 0.6 is 0 Å². The van der Waals surface area contributed by atoms with Gasteiger partial charge in [-0.05, 0) is 18.2 Å². The smallest absolute Gasteiger partial charge is 0.248 e. The monoisotopic (exact) mass is 222 g/mol. The fraction of sp³-hybridized carbons (Fsp3) is 0. The Kier molecular flexibility index (Phi) is 1.50. The number of fused-ring (bicyclic) bond motifs is 4. The summed E-state index contributed by atoms with van der Waals surface area (Å²) in [5.41, 5.74) is 2.43. The SMILES string of the molecule is c1cnc2nc3oc4nccnc4c3cc2c1. The van der Waals surface area contributed by atoms with Crippen LogP contribution in [0.15, 0.2) is 41.2 Å². The van der Waals surface area contributed by atoms with E-state index in [0.717, 1.165) is 16.3 Å². The zero-order valence-electron chi connectivity index (χ0n) is 8.66. The van der Waals surface area contributed by atoms with Crippen LogP contribution in [0.1, 0.15) is 0 Å². The van der Waals surface area contributed by atoms with Crippen LogP contribution in [0.2, 0.25) is 0 Å². The summed E-state index contributed by atoms with van der Waals surface area (Å²) >= 11 is 0. The second-order valence-electron chi connectivity index (χ2n) is 3.70. The van der Waals surface area contributed by atoms with Gasteiger partial charge in [0.25, 0.3) is 0 Å². The Labute approximate surface area is 95.1 Å². The first-order valence-corrected chi connectivity index (χ1v) is 5.17. The van der Waals surface area contributed by atoms with E-state index in [1.54, 1.807) is 18.6 Å². The van der Waals surface area contributed by atoms with Gasteiger partial charge in [-0.2, -0.15) is 4.98 Å². The van der Waals surface area contributed by atoms with Crippen LogP contribution in [-0.2, 0) is 0 Å². The van der Waals surface area contributed by atoms with Crippen molar-refractivity contribution in [2.45, 2.75) is 0 Å². The number of hydrogen-bond acceptors (Lipinski definition) is 5. The van der Waals surface area contributed by atoms with Gasteiger partial charge in [0.1, 0.15) is 5.52 Å². The minimum Gasteiger partial charge on any atom is -0.418 e. The topological polar surface area (TPSA) is 64.7 Å². The largest absolute Gasteiger partial charge is 0.418 e. The molecule has 4 aromatic heterocycles. The molecule has 4 heterocycles. The summed E-state index contributed by atoms with van der Waals surface area (Å²) in [5.74, 6) is 0. The molecule has 0 aliphatic carbocycles. The van der Waals surface area contributed by atoms with Crippen LogP contribution in [-0.4, -0.2) is 19.9 Å². The lowest BCUT2D eigenvalue weighted by Crippen LogP contribution is -1.82. The van der Waals surface area contributed by atoms with E-state index in [2.05, 4.69) is 19.9 Å². The minimum atomic E-state index is 0.505. The number of pyridine rings is 2. The third-order valence-corrected chi connectivity index (χ3v) is 2.67. The van der Waals surface area contributed by atoms with Crippen LogP contribution in [0.3, 0.4) is 0 Å². The second kappa shape index (κ2) is 2.98. The molecule has 0 saturated heterocycles. The molecular formula is C12H6N4O. The summed E-state index contributed by atoms with van der Waals surface area (Å²) in [7, 11) is 0. The van der Waals surface area contributed by atoms with Crippen molar-refractivity contribution in [2.24, 2.45) is 0 Å². The molecule has 5 nitrogen and oxygen atoms in total. The van der Waals surface area contributed by atoms with Gasteiger partial charge >= 0.3 is 0 Å². The first kappa shape index (κ1) is 8.58. The Bertz CT molecular complexity index is 847. The molecule has 0 amide bonds. The number of rotatable bonds is 0. The van der Waals surface area contributed by atoms with Gasteiger partial charge in [0.05, 0.1) is 5.39 Å². The summed E-state index contributed by atoms with van der Waals surface area (Å²) in [6, 6.07) is 5.82. The Morgan fingerprint density at radius 1 is 0.941 bits per heavy atom. The lowest BCUT2D eigenvalue weighted by atomic mass is 10.2. The first-order chi connectivity index (χ1) is 8.42. The summed E-state index contributed by atoms with van der Waals surface area (Å²) < 4.78 is 5.54. The molecule has 17 heavy (non-hydrogen) atoms. The number of furan rings is 1. The quantitative estimate of drug-likeness (QED) is 0.456. The van der Waals surface area contributed by atoms with Crippen molar-refractivity contribution in [1.82, 2.24) is 19.9 Å². The zero-order chi connectivity index (χ0) is 11.2. The Balaban J connectivity index is 2.28. The average molecular weight is 222 g/mol. The number of nitrogens with zero attached hydrogens (tertiary/aromatic N) is 4. The van der Waals surface area contributed by atoms with Crippen molar-refractivity contribution < 1.29 is 4.42 Å². The Morgan fingerprint density at radius 3 is 2.88 bits per heavy atom. The summed E-state index contributed by atoms with van der Waals surface area (Å²) in [4.78, 5) is 16.9. The predicted octanol–water partition coefficient (Wildman–Crippen LogP) is 2.32. The van der Waals surface area contributed by atoms with Gasteiger partial charge in [-0.1, -0.05) is 0 Å². The van der Waals surface area contributed by atoms with Crippen molar-refractivity contribution in [3.05, 3.63) is 36.8 Å². The Hall–Kier alpha value is -2.56. The lowest BCUT2D eigenvalue weighted by Gasteiger charge is -1.94. The molecule has 5 heteroatoms. The van der Waals surface area contributed by atoms with Crippen LogP contribution in [0.5, 0.6) is 0 Å². The highest BCUT2D eigenvalue weighted by atomic mass is 16.3. The molecule has 0 radical (unpaired) electrons. The minimum absolute atomic E-state index is 0.505. The van der Waals surface area contributed by atoms with Gasteiger partial charge in [-0.3, -0.25) is 0 Å². The standard InChI is InChI=1S/C12H6N4O/c1-2-7-6-8-9-12(15-5-4-13-9)17-11(8)16-10(7)14-3-1/h1-6H. The third kappa shape index (κ3) is 1.13. The number of hydrogen-bond donors (Lipinski definition) is 0. The van der Waals surface area contributed by atoms with E-state index in [0.29, 0.717) is 17.1 Å². The molecular weight excluding hydrogens is 216 g/mol. The molecule has 4 rings (SSSR count). The van der Waals surface area contributed by atoms with E-state index in [9.17, 15) is 0 Å². The molecule has 4 aromatic rings. The van der Waals surface area contributed by atoms with Gasteiger partial charge in [0, 0.05) is 24.0 Å². The third-order valence-electron chi connectivity index (χ3n) is 2.67. The summed E-state index contributed by atoms with van der Waals surface area (Å²) in [5, 5.41) is 1.84. The molecule has 0 atom stereocenters. The predicted molar refractivity (Wildman–Crippen MR) is 62.4 cm³/mol. The first-order valence-electron chi connectivity index (χ1n) is 5.17. The molecule has 0 fully saturated rings. The van der Waals surface area contributed by atoms with Crippen molar-refractivity contribution >= 4 is 33.4 Å². The van der Waals surface area contributed by atoms with E-state index in [1.807, 2.05) is 18.2 Å². The lowest BCUT2D eigenvalue weighted by molar-refractivity contribution is 0.640. The van der Waals surface area contributed by atoms with Crippen molar-refractivity contribution in [3.63, 3.8) is 0 Å². The van der Waals surface area contributed by atoms with Crippen molar-refractivity contribution in [3.8, 4) is 0 Å². The van der Waals surface area contributed by atoms with Crippen LogP contribution in [0.25, 0.3) is 33.4 Å². The highest BCUT2D eigenvalue weighted by Gasteiger charge is 2.11. The zero-order valence-corrected chi connectivity index (χ0v) is 8.66. The van der Waals surface area contributed by atoms with Gasteiger partial charge < -0.3 is 4.42 Å². The highest BCUT2D eigenvalue weighted by Crippen LogP contribution is 2.26. The number of aromatic nitrogens is 4. The summed E-state index contributed by atoms with van der Waals surface area (Å²) in [6.45, 7) is 0. The maximum absolute atomic E-state index is 5.54. The van der Waals surface area contributed by atoms with Crippen LogP contribution in [0, 0.1) is 0 Å². The molecule has 0 N–H and O–H groups in total. The summed E-state index contributed by atoms with van der Waals surface area (Å²) in [6.07, 6.45) is 4.95. The van der Waals surface area contributed by atoms with E-state index < -0.39 is 0 Å². The normalized spacial score (nSPS) is 11.5. The van der Waals surface area contributed by atoms with Gasteiger partial charge in [-0.15, -0.1) is 0 Å². The average Bonchev–Trinajstić information content (AvgIpc) is 2.73. The second-order valence-corrected chi connectivity index (χ2v) is 3.70. The molecule has 0 aromatic carbocycles. The molecule has 0 saturated carbocycles. The fourth-order valence-corrected chi connectivity index (χ4v) is 1.91. The van der Waals surface area contributed by atoms with Gasteiger partial charge in [-0.25, -0.2) is 15.0 Å². The van der Waals surface area contributed by atoms with Crippen LogP contribution < -0.4 is 0 Å². The molecule has 0 aliphatic heterocycles. The van der Waals surface area contributed by atoms with E-state index >= 15 is 0 Å². The molecule has 0 aliphatic rings. The molecule has 0 unspecified atom stereocenters. The van der Waals surface area contributed by atoms with Crippen LogP contribution in [0.4, 0.5) is 0 Å². The molecule has 80 valence electrons. The Morgan fingerprint density at radius 2 is 1.88 bits per heavy atom. The van der Waals surface area contributed by atoms with Crippen molar-refractivity contribution in [2.75, 3.05) is 0 Å². The van der Waals surface area contributed by atoms with Gasteiger partial charge in [0.2, 0.25) is 11.4 Å². The van der Waals surface area contributed by atoms with E-state index in [4.69, 9.17) is 4.42 Å². The van der Waals surface area contributed by atoms with Crippen molar-refractivity contribution in [1.29, 1.82) is 0 Å². The highest BCUT2D eigenvalue weighted by molar-refractivity contribution is 6.03. The van der Waals surface area contributed by atoms with E-state index in [1.165, 1.54) is 0 Å². The maximum atomic E-state index is 5.54. The van der Waals surface area contributed by atoms with Gasteiger partial charge in [0.15, 0.2) is 5.65 Å². The fourth-order valence-electron chi connectivity index (χ4n) is 1.91. The maximum Gasteiger partial charge on any atom is 0.248 e. The van der Waals surface area contributed by atoms with E-state index in [-0.39, 0.29) is 0 Å².